The second-order valence-electron chi connectivity index (χ2n) is 4.15. The van der Waals surface area contributed by atoms with E-state index in [4.69, 9.17) is 0 Å². The van der Waals surface area contributed by atoms with E-state index in [1.165, 1.54) is 0 Å². The van der Waals surface area contributed by atoms with Gasteiger partial charge in [0.2, 0.25) is 10.0 Å². The molecule has 1 aromatic rings. The van der Waals surface area contributed by atoms with Crippen molar-refractivity contribution in [2.75, 3.05) is 25.4 Å². The Kier molecular flexibility index (Phi) is 6.77. The van der Waals surface area contributed by atoms with Crippen LogP contribution in [0.5, 0.6) is 0 Å². The molecule has 0 aliphatic heterocycles. The minimum absolute atomic E-state index is 0.119. The normalized spacial score (nSPS) is 13.7. The number of rotatable bonds is 9. The summed E-state index contributed by atoms with van der Waals surface area (Å²) < 4.78 is 26.1. The lowest BCUT2D eigenvalue weighted by molar-refractivity contribution is 0.569. The third-order valence-corrected chi connectivity index (χ3v) is 4.94. The van der Waals surface area contributed by atoms with Gasteiger partial charge in [-0.3, -0.25) is 0 Å². The number of aromatic nitrogens is 1. The first-order valence-corrected chi connectivity index (χ1v) is 8.66. The summed E-state index contributed by atoms with van der Waals surface area (Å²) in [5.41, 5.74) is 0. The van der Waals surface area contributed by atoms with Crippen LogP contribution in [0, 0.1) is 0 Å². The lowest BCUT2D eigenvalue weighted by Gasteiger charge is -2.10. The molecule has 0 radical (unpaired) electrons. The number of hydrogen-bond acceptors (Lipinski definition) is 5. The first kappa shape index (κ1) is 15.6. The van der Waals surface area contributed by atoms with Gasteiger partial charge in [0.25, 0.3) is 0 Å². The molecule has 0 amide bonds. The highest BCUT2D eigenvalue weighted by atomic mass is 32.2. The molecule has 0 aliphatic rings. The molecule has 1 atom stereocenters. The van der Waals surface area contributed by atoms with Gasteiger partial charge in [0, 0.05) is 24.0 Å². The van der Waals surface area contributed by atoms with E-state index < -0.39 is 10.0 Å². The molecule has 0 aliphatic carbocycles. The van der Waals surface area contributed by atoms with Crippen LogP contribution in [0.2, 0.25) is 0 Å². The van der Waals surface area contributed by atoms with Crippen molar-refractivity contribution in [2.24, 2.45) is 0 Å². The molecule has 0 spiro atoms. The van der Waals surface area contributed by atoms with Gasteiger partial charge in [0.15, 0.2) is 0 Å². The van der Waals surface area contributed by atoms with Crippen molar-refractivity contribution >= 4 is 21.4 Å². The van der Waals surface area contributed by atoms with Crippen LogP contribution in [0.25, 0.3) is 0 Å². The molecule has 1 heterocycles. The fourth-order valence-corrected chi connectivity index (χ4v) is 3.32. The van der Waals surface area contributed by atoms with E-state index in [-0.39, 0.29) is 11.7 Å². The van der Waals surface area contributed by atoms with Gasteiger partial charge in [-0.15, -0.1) is 11.3 Å². The van der Waals surface area contributed by atoms with E-state index in [1.807, 2.05) is 19.2 Å². The van der Waals surface area contributed by atoms with Crippen LogP contribution in [0.15, 0.2) is 11.6 Å². The summed E-state index contributed by atoms with van der Waals surface area (Å²) >= 11 is 1.55. The van der Waals surface area contributed by atoms with Crippen molar-refractivity contribution in [1.29, 1.82) is 0 Å². The average Bonchev–Trinajstić information content (AvgIpc) is 2.86. The summed E-state index contributed by atoms with van der Waals surface area (Å²) in [5.74, 6) is 0.290. The minimum Gasteiger partial charge on any atom is -0.317 e. The van der Waals surface area contributed by atoms with E-state index in [9.17, 15) is 8.42 Å². The summed E-state index contributed by atoms with van der Waals surface area (Å²) in [6.07, 6.45) is 2.37. The Labute approximate surface area is 113 Å². The van der Waals surface area contributed by atoms with Gasteiger partial charge in [-0.1, -0.05) is 13.8 Å². The molecule has 2 N–H and O–H groups in total. The molecule has 18 heavy (non-hydrogen) atoms. The molecule has 104 valence electrons. The fourth-order valence-electron chi connectivity index (χ4n) is 1.45. The second kappa shape index (κ2) is 7.83. The Hall–Kier alpha value is -0.500. The standard InChI is InChI=1S/C11H21N3O2S2/c1-3-12-5-4-8-18(15,16)14-9-10(2)11-13-6-7-17-11/h6-7,10,12,14H,3-5,8-9H2,1-2H3. The zero-order chi connectivity index (χ0) is 13.4. The van der Waals surface area contributed by atoms with Crippen LogP contribution in [0.4, 0.5) is 0 Å². The Bertz CT molecular complexity index is 418. The average molecular weight is 291 g/mol. The molecule has 7 heteroatoms. The Morgan fingerprint density at radius 2 is 2.28 bits per heavy atom. The van der Waals surface area contributed by atoms with Gasteiger partial charge in [-0.05, 0) is 19.5 Å². The van der Waals surface area contributed by atoms with Crippen molar-refractivity contribution < 1.29 is 8.42 Å². The molecule has 0 saturated carbocycles. The summed E-state index contributed by atoms with van der Waals surface area (Å²) in [6.45, 7) is 5.99. The zero-order valence-corrected chi connectivity index (χ0v) is 12.5. The lowest BCUT2D eigenvalue weighted by Crippen LogP contribution is -2.31. The number of nitrogens with one attached hydrogen (secondary N) is 2. The van der Waals surface area contributed by atoms with Crippen molar-refractivity contribution in [3.05, 3.63) is 16.6 Å². The molecule has 1 rings (SSSR count). The maximum atomic E-state index is 11.7. The first-order chi connectivity index (χ1) is 8.55. The van der Waals surface area contributed by atoms with Crippen LogP contribution in [0.3, 0.4) is 0 Å². The minimum atomic E-state index is -3.16. The van der Waals surface area contributed by atoms with E-state index in [2.05, 4.69) is 15.0 Å². The van der Waals surface area contributed by atoms with Crippen LogP contribution in [0.1, 0.15) is 31.2 Å². The van der Waals surface area contributed by atoms with E-state index in [0.29, 0.717) is 13.0 Å². The maximum Gasteiger partial charge on any atom is 0.211 e. The number of sulfonamides is 1. The number of thiazole rings is 1. The third-order valence-electron chi connectivity index (χ3n) is 2.50. The maximum absolute atomic E-state index is 11.7. The Balaban J connectivity index is 2.28. The predicted molar refractivity (Wildman–Crippen MR) is 75.5 cm³/mol. The topological polar surface area (TPSA) is 71.1 Å². The summed E-state index contributed by atoms with van der Waals surface area (Å²) in [4.78, 5) is 4.18. The van der Waals surface area contributed by atoms with Gasteiger partial charge in [-0.2, -0.15) is 0 Å². The van der Waals surface area contributed by atoms with Crippen LogP contribution in [-0.4, -0.2) is 38.8 Å². The van der Waals surface area contributed by atoms with E-state index in [1.54, 1.807) is 17.5 Å². The molecule has 1 unspecified atom stereocenters. The molecule has 5 nitrogen and oxygen atoms in total. The van der Waals surface area contributed by atoms with Crippen LogP contribution in [-0.2, 0) is 10.0 Å². The highest BCUT2D eigenvalue weighted by Crippen LogP contribution is 2.16. The summed E-state index contributed by atoms with van der Waals surface area (Å²) in [6, 6.07) is 0. The van der Waals surface area contributed by atoms with Crippen molar-refractivity contribution in [3.63, 3.8) is 0 Å². The van der Waals surface area contributed by atoms with Crippen LogP contribution < -0.4 is 10.0 Å². The van der Waals surface area contributed by atoms with E-state index in [0.717, 1.165) is 18.1 Å². The zero-order valence-electron chi connectivity index (χ0n) is 10.8. The summed E-state index contributed by atoms with van der Waals surface area (Å²) in [5, 5.41) is 5.97. The van der Waals surface area contributed by atoms with E-state index >= 15 is 0 Å². The highest BCUT2D eigenvalue weighted by molar-refractivity contribution is 7.89. The van der Waals surface area contributed by atoms with Crippen LogP contribution >= 0.6 is 11.3 Å². The second-order valence-corrected chi connectivity index (χ2v) is 7.00. The lowest BCUT2D eigenvalue weighted by atomic mass is 10.2. The fraction of sp³-hybridized carbons (Fsp3) is 0.727. The quantitative estimate of drug-likeness (QED) is 0.670. The Morgan fingerprint density at radius 3 is 2.89 bits per heavy atom. The Morgan fingerprint density at radius 1 is 1.50 bits per heavy atom. The molecular formula is C11H21N3O2S2. The molecular weight excluding hydrogens is 270 g/mol. The van der Waals surface area contributed by atoms with Gasteiger partial charge in [0.1, 0.15) is 0 Å². The molecule has 1 aromatic heterocycles. The molecule has 0 bridgehead atoms. The smallest absolute Gasteiger partial charge is 0.211 e. The largest absolute Gasteiger partial charge is 0.317 e. The SMILES string of the molecule is CCNCCCS(=O)(=O)NCC(C)c1nccs1. The third kappa shape index (κ3) is 5.90. The molecule has 0 saturated heterocycles. The first-order valence-electron chi connectivity index (χ1n) is 6.12. The van der Waals surface area contributed by atoms with Crippen molar-refractivity contribution in [3.8, 4) is 0 Å². The van der Waals surface area contributed by atoms with Gasteiger partial charge in [-0.25, -0.2) is 18.1 Å². The van der Waals surface area contributed by atoms with Gasteiger partial charge in [0.05, 0.1) is 10.8 Å². The monoisotopic (exact) mass is 291 g/mol. The van der Waals surface area contributed by atoms with Crippen molar-refractivity contribution in [2.45, 2.75) is 26.2 Å². The van der Waals surface area contributed by atoms with Gasteiger partial charge >= 0.3 is 0 Å². The van der Waals surface area contributed by atoms with Crippen molar-refractivity contribution in [1.82, 2.24) is 15.0 Å². The highest BCUT2D eigenvalue weighted by Gasteiger charge is 2.14. The number of hydrogen-bond donors (Lipinski definition) is 2. The van der Waals surface area contributed by atoms with Gasteiger partial charge < -0.3 is 5.32 Å². The number of nitrogens with zero attached hydrogens (tertiary/aromatic N) is 1. The predicted octanol–water partition coefficient (Wildman–Crippen LogP) is 1.17. The summed E-state index contributed by atoms with van der Waals surface area (Å²) in [7, 11) is -3.16. The molecule has 0 aromatic carbocycles. The molecule has 0 fully saturated rings.